The van der Waals surface area contributed by atoms with E-state index < -0.39 is 11.9 Å². The summed E-state index contributed by atoms with van der Waals surface area (Å²) in [5.41, 5.74) is 1.26. The molecule has 1 amide bonds. The number of carbonyl (C=O) groups excluding carboxylic acids is 1. The van der Waals surface area contributed by atoms with E-state index in [0.29, 0.717) is 17.0 Å². The summed E-state index contributed by atoms with van der Waals surface area (Å²) in [6.07, 6.45) is -0.0965. The molecule has 2 N–H and O–H groups in total. The molecule has 0 saturated heterocycles. The fourth-order valence-corrected chi connectivity index (χ4v) is 1.66. The summed E-state index contributed by atoms with van der Waals surface area (Å²) < 4.78 is 10.1. The average Bonchev–Trinajstić information content (AvgIpc) is 2.81. The fraction of sp³-hybridized carbons (Fsp3) is 0.214. The zero-order chi connectivity index (χ0) is 15.2. The van der Waals surface area contributed by atoms with Gasteiger partial charge in [-0.1, -0.05) is 17.3 Å². The number of benzene rings is 1. The molecule has 2 rings (SSSR count). The number of hydrogen-bond acceptors (Lipinski definition) is 5. The van der Waals surface area contributed by atoms with Gasteiger partial charge in [0.2, 0.25) is 5.88 Å². The van der Waals surface area contributed by atoms with Gasteiger partial charge in [0.05, 0.1) is 12.1 Å². The van der Waals surface area contributed by atoms with Gasteiger partial charge in [0.25, 0.3) is 5.91 Å². The number of hydrogen-bond donors (Lipinski definition) is 2. The van der Waals surface area contributed by atoms with Crippen LogP contribution in [-0.2, 0) is 16.0 Å². The van der Waals surface area contributed by atoms with Gasteiger partial charge in [-0.05, 0) is 24.6 Å². The lowest BCUT2D eigenvalue weighted by Gasteiger charge is -2.06. The summed E-state index contributed by atoms with van der Waals surface area (Å²) >= 11 is 0. The molecule has 0 aliphatic rings. The molecule has 2 aromatic rings. The zero-order valence-corrected chi connectivity index (χ0v) is 11.3. The van der Waals surface area contributed by atoms with E-state index in [1.807, 2.05) is 0 Å². The minimum Gasteiger partial charge on any atom is -0.484 e. The highest BCUT2D eigenvalue weighted by Gasteiger charge is 2.08. The molecular formula is C14H14N2O5. The number of aryl methyl sites for hydroxylation is 1. The molecular weight excluding hydrogens is 276 g/mol. The van der Waals surface area contributed by atoms with Crippen molar-refractivity contribution in [1.82, 2.24) is 5.16 Å². The van der Waals surface area contributed by atoms with Crippen molar-refractivity contribution < 1.29 is 24.0 Å². The standard InChI is InChI=1S/C14H14N2O5/c1-9-5-13(21-16-9)15-12(17)8-20-11-4-2-3-10(6-11)7-14(18)19/h2-6H,7-8H2,1H3,(H,15,17)(H,18,19). The lowest BCUT2D eigenvalue weighted by atomic mass is 10.1. The summed E-state index contributed by atoms with van der Waals surface area (Å²) in [7, 11) is 0. The Kier molecular flexibility index (Phi) is 4.55. The van der Waals surface area contributed by atoms with Gasteiger partial charge in [-0.2, -0.15) is 0 Å². The van der Waals surface area contributed by atoms with Crippen LogP contribution >= 0.6 is 0 Å². The second-order valence-electron chi connectivity index (χ2n) is 4.39. The van der Waals surface area contributed by atoms with Crippen molar-refractivity contribution in [2.24, 2.45) is 0 Å². The van der Waals surface area contributed by atoms with Gasteiger partial charge >= 0.3 is 5.97 Å². The van der Waals surface area contributed by atoms with Gasteiger partial charge in [0, 0.05) is 6.07 Å². The smallest absolute Gasteiger partial charge is 0.307 e. The van der Waals surface area contributed by atoms with Crippen molar-refractivity contribution in [3.8, 4) is 5.75 Å². The lowest BCUT2D eigenvalue weighted by molar-refractivity contribution is -0.136. The highest BCUT2D eigenvalue weighted by Crippen LogP contribution is 2.14. The first-order valence-electron chi connectivity index (χ1n) is 6.19. The fourth-order valence-electron chi connectivity index (χ4n) is 1.66. The topological polar surface area (TPSA) is 102 Å². The quantitative estimate of drug-likeness (QED) is 0.838. The maximum absolute atomic E-state index is 11.6. The van der Waals surface area contributed by atoms with Crippen LogP contribution in [0.15, 0.2) is 34.9 Å². The third kappa shape index (κ3) is 4.64. The molecule has 0 fully saturated rings. The van der Waals surface area contributed by atoms with Crippen LogP contribution in [0.25, 0.3) is 0 Å². The van der Waals surface area contributed by atoms with Gasteiger partial charge < -0.3 is 14.4 Å². The predicted octanol–water partition coefficient (Wildman–Crippen LogP) is 1.63. The van der Waals surface area contributed by atoms with Crippen molar-refractivity contribution in [1.29, 1.82) is 0 Å². The Labute approximate surface area is 120 Å². The number of nitrogens with zero attached hydrogens (tertiary/aromatic N) is 1. The van der Waals surface area contributed by atoms with Crippen molar-refractivity contribution in [2.45, 2.75) is 13.3 Å². The molecule has 1 aromatic carbocycles. The number of carboxylic acids is 1. The van der Waals surface area contributed by atoms with Gasteiger partial charge in [-0.3, -0.25) is 14.9 Å². The third-order valence-corrected chi connectivity index (χ3v) is 2.51. The average molecular weight is 290 g/mol. The van der Waals surface area contributed by atoms with Gasteiger partial charge in [-0.25, -0.2) is 0 Å². The van der Waals surface area contributed by atoms with Crippen LogP contribution in [0.3, 0.4) is 0 Å². The van der Waals surface area contributed by atoms with Gasteiger partial charge in [-0.15, -0.1) is 0 Å². The van der Waals surface area contributed by atoms with Crippen LogP contribution in [0.4, 0.5) is 5.88 Å². The number of aromatic nitrogens is 1. The van der Waals surface area contributed by atoms with Crippen molar-refractivity contribution >= 4 is 17.8 Å². The Hall–Kier alpha value is -2.83. The van der Waals surface area contributed by atoms with Crippen LogP contribution in [-0.4, -0.2) is 28.7 Å². The Bertz CT molecular complexity index is 650. The van der Waals surface area contributed by atoms with E-state index in [-0.39, 0.29) is 18.9 Å². The van der Waals surface area contributed by atoms with Gasteiger partial charge in [0.15, 0.2) is 6.61 Å². The molecule has 0 radical (unpaired) electrons. The first-order chi connectivity index (χ1) is 10.0. The molecule has 0 aliphatic heterocycles. The minimum absolute atomic E-state index is 0.0965. The molecule has 7 nitrogen and oxygen atoms in total. The number of aliphatic carboxylic acids is 1. The van der Waals surface area contributed by atoms with E-state index in [9.17, 15) is 9.59 Å². The minimum atomic E-state index is -0.925. The number of amides is 1. The zero-order valence-electron chi connectivity index (χ0n) is 11.3. The monoisotopic (exact) mass is 290 g/mol. The molecule has 1 aromatic heterocycles. The molecule has 7 heteroatoms. The third-order valence-electron chi connectivity index (χ3n) is 2.51. The molecule has 110 valence electrons. The Balaban J connectivity index is 1.87. The molecule has 21 heavy (non-hydrogen) atoms. The molecule has 0 spiro atoms. The van der Waals surface area contributed by atoms with Crippen molar-refractivity contribution in [3.05, 3.63) is 41.6 Å². The number of rotatable bonds is 6. The number of anilines is 1. The number of ether oxygens (including phenoxy) is 1. The van der Waals surface area contributed by atoms with Crippen molar-refractivity contribution in [3.63, 3.8) is 0 Å². The van der Waals surface area contributed by atoms with E-state index in [1.54, 1.807) is 37.3 Å². The maximum atomic E-state index is 11.6. The van der Waals surface area contributed by atoms with E-state index in [1.165, 1.54) is 0 Å². The van der Waals surface area contributed by atoms with E-state index in [2.05, 4.69) is 10.5 Å². The van der Waals surface area contributed by atoms with Gasteiger partial charge in [0.1, 0.15) is 5.75 Å². The van der Waals surface area contributed by atoms with Crippen LogP contribution in [0.2, 0.25) is 0 Å². The Morgan fingerprint density at radius 2 is 2.19 bits per heavy atom. The summed E-state index contributed by atoms with van der Waals surface area (Å²) in [4.78, 5) is 22.3. The summed E-state index contributed by atoms with van der Waals surface area (Å²) in [6, 6.07) is 8.17. The SMILES string of the molecule is Cc1cc(NC(=O)COc2cccc(CC(=O)O)c2)on1. The summed E-state index contributed by atoms with van der Waals surface area (Å²) in [5, 5.41) is 14.9. The molecule has 0 atom stereocenters. The van der Waals surface area contributed by atoms with Crippen LogP contribution in [0.1, 0.15) is 11.3 Å². The first-order valence-corrected chi connectivity index (χ1v) is 6.19. The van der Waals surface area contributed by atoms with Crippen LogP contribution in [0, 0.1) is 6.92 Å². The second kappa shape index (κ2) is 6.56. The highest BCUT2D eigenvalue weighted by atomic mass is 16.5. The summed E-state index contributed by atoms with van der Waals surface area (Å²) in [6.45, 7) is 1.53. The number of nitrogens with one attached hydrogen (secondary N) is 1. The number of carbonyl (C=O) groups is 2. The normalized spacial score (nSPS) is 10.1. The molecule has 0 saturated carbocycles. The molecule has 0 bridgehead atoms. The molecule has 0 unspecified atom stereocenters. The second-order valence-corrected chi connectivity index (χ2v) is 4.39. The van der Waals surface area contributed by atoms with E-state index in [4.69, 9.17) is 14.4 Å². The van der Waals surface area contributed by atoms with Crippen molar-refractivity contribution in [2.75, 3.05) is 11.9 Å². The highest BCUT2D eigenvalue weighted by molar-refractivity contribution is 5.90. The molecule has 1 heterocycles. The Morgan fingerprint density at radius 1 is 1.38 bits per heavy atom. The van der Waals surface area contributed by atoms with E-state index >= 15 is 0 Å². The summed E-state index contributed by atoms with van der Waals surface area (Å²) in [5.74, 6) is -0.640. The Morgan fingerprint density at radius 3 is 2.86 bits per heavy atom. The van der Waals surface area contributed by atoms with Crippen LogP contribution in [0.5, 0.6) is 5.75 Å². The lowest BCUT2D eigenvalue weighted by Crippen LogP contribution is -2.19. The van der Waals surface area contributed by atoms with E-state index in [0.717, 1.165) is 0 Å². The first kappa shape index (κ1) is 14.6. The number of carboxylic acid groups (broad SMARTS) is 1. The maximum Gasteiger partial charge on any atom is 0.307 e. The predicted molar refractivity (Wildman–Crippen MR) is 73.1 cm³/mol. The van der Waals surface area contributed by atoms with Crippen LogP contribution < -0.4 is 10.1 Å². The largest absolute Gasteiger partial charge is 0.484 e. The molecule has 0 aliphatic carbocycles.